The summed E-state index contributed by atoms with van der Waals surface area (Å²) in [5.41, 5.74) is -0.177. The van der Waals surface area contributed by atoms with Gasteiger partial charge < -0.3 is 5.32 Å². The van der Waals surface area contributed by atoms with Gasteiger partial charge in [-0.15, -0.1) is 0 Å². The van der Waals surface area contributed by atoms with Gasteiger partial charge in [0.25, 0.3) is 5.92 Å². The van der Waals surface area contributed by atoms with Crippen molar-refractivity contribution >= 4 is 0 Å². The largest absolute Gasteiger partial charge is 0.305 e. The molecule has 64 valence electrons. The van der Waals surface area contributed by atoms with Crippen LogP contribution in [0.3, 0.4) is 0 Å². The van der Waals surface area contributed by atoms with E-state index in [-0.39, 0.29) is 18.5 Å². The Morgan fingerprint density at radius 2 is 1.73 bits per heavy atom. The highest BCUT2D eigenvalue weighted by Crippen LogP contribution is 2.42. The van der Waals surface area contributed by atoms with Crippen LogP contribution in [0.15, 0.2) is 0 Å². The number of alkyl halides is 2. The third-order valence-electron chi connectivity index (χ3n) is 2.88. The van der Waals surface area contributed by atoms with E-state index in [1.54, 1.807) is 0 Å². The summed E-state index contributed by atoms with van der Waals surface area (Å²) < 4.78 is 25.6. The number of hydrogen-bond donors (Lipinski definition) is 1. The van der Waals surface area contributed by atoms with Crippen LogP contribution < -0.4 is 5.32 Å². The molecule has 0 unspecified atom stereocenters. The Kier molecular flexibility index (Phi) is 1.46. The maximum Gasteiger partial charge on any atom is 0.262 e. The second-order valence-electron chi connectivity index (χ2n) is 3.87. The first-order chi connectivity index (χ1) is 5.12. The lowest BCUT2D eigenvalue weighted by Crippen LogP contribution is -2.35. The molecule has 1 heterocycles. The van der Waals surface area contributed by atoms with Crippen molar-refractivity contribution < 1.29 is 8.78 Å². The minimum absolute atomic E-state index is 0.0694. The lowest BCUT2D eigenvalue weighted by atomic mass is 9.95. The van der Waals surface area contributed by atoms with Crippen molar-refractivity contribution in [3.8, 4) is 0 Å². The third kappa shape index (κ3) is 1.26. The predicted octanol–water partition coefficient (Wildman–Crippen LogP) is 1.93. The highest BCUT2D eigenvalue weighted by Gasteiger charge is 2.49. The fourth-order valence-electron chi connectivity index (χ4n) is 2.34. The van der Waals surface area contributed by atoms with Crippen LogP contribution in [0.4, 0.5) is 8.78 Å². The molecule has 1 aliphatic carbocycles. The van der Waals surface area contributed by atoms with Crippen LogP contribution in [-0.2, 0) is 0 Å². The third-order valence-corrected chi connectivity index (χ3v) is 2.88. The molecule has 2 aliphatic rings. The van der Waals surface area contributed by atoms with E-state index >= 15 is 0 Å². The molecule has 0 radical (unpaired) electrons. The van der Waals surface area contributed by atoms with E-state index in [9.17, 15) is 8.78 Å². The topological polar surface area (TPSA) is 12.0 Å². The number of halogens is 2. The quantitative estimate of drug-likeness (QED) is 0.572. The van der Waals surface area contributed by atoms with Gasteiger partial charge in [-0.1, -0.05) is 12.8 Å². The first-order valence-electron chi connectivity index (χ1n) is 4.25. The zero-order valence-corrected chi connectivity index (χ0v) is 6.50. The molecule has 1 N–H and O–H groups in total. The van der Waals surface area contributed by atoms with E-state index in [0.717, 1.165) is 25.7 Å². The van der Waals surface area contributed by atoms with Crippen molar-refractivity contribution in [3.63, 3.8) is 0 Å². The Bertz CT molecular complexity index is 161. The van der Waals surface area contributed by atoms with Crippen LogP contribution in [-0.4, -0.2) is 18.0 Å². The lowest BCUT2D eigenvalue weighted by Gasteiger charge is -2.22. The van der Waals surface area contributed by atoms with Gasteiger partial charge in [0.1, 0.15) is 0 Å². The summed E-state index contributed by atoms with van der Waals surface area (Å²) >= 11 is 0. The molecule has 0 bridgehead atoms. The van der Waals surface area contributed by atoms with Gasteiger partial charge in [0.15, 0.2) is 0 Å². The molecule has 1 spiro atoms. The van der Waals surface area contributed by atoms with Gasteiger partial charge in [0.2, 0.25) is 0 Å². The van der Waals surface area contributed by atoms with E-state index in [2.05, 4.69) is 5.32 Å². The van der Waals surface area contributed by atoms with Crippen LogP contribution in [0.2, 0.25) is 0 Å². The molecule has 1 saturated heterocycles. The van der Waals surface area contributed by atoms with Gasteiger partial charge in [0.05, 0.1) is 6.54 Å². The molecule has 11 heavy (non-hydrogen) atoms. The smallest absolute Gasteiger partial charge is 0.262 e. The molecule has 1 aliphatic heterocycles. The molecule has 0 atom stereocenters. The van der Waals surface area contributed by atoms with Crippen molar-refractivity contribution in [1.82, 2.24) is 5.32 Å². The molecule has 0 aromatic carbocycles. The zero-order chi connectivity index (χ0) is 7.95. The summed E-state index contributed by atoms with van der Waals surface area (Å²) in [5, 5.41) is 2.97. The molecule has 1 nitrogen and oxygen atoms in total. The first-order valence-corrected chi connectivity index (χ1v) is 4.25. The van der Waals surface area contributed by atoms with Crippen LogP contribution in [0.25, 0.3) is 0 Å². The van der Waals surface area contributed by atoms with E-state index in [1.807, 2.05) is 0 Å². The van der Waals surface area contributed by atoms with Gasteiger partial charge in [-0.25, -0.2) is 8.78 Å². The highest BCUT2D eigenvalue weighted by atomic mass is 19.3. The second-order valence-corrected chi connectivity index (χ2v) is 3.87. The van der Waals surface area contributed by atoms with Gasteiger partial charge in [-0.2, -0.15) is 0 Å². The summed E-state index contributed by atoms with van der Waals surface area (Å²) in [6, 6.07) is 0. The fraction of sp³-hybridized carbons (Fsp3) is 1.00. The second kappa shape index (κ2) is 2.16. The maximum atomic E-state index is 12.8. The van der Waals surface area contributed by atoms with Gasteiger partial charge >= 0.3 is 0 Å². The van der Waals surface area contributed by atoms with E-state index in [4.69, 9.17) is 0 Å². The molecule has 1 saturated carbocycles. The molecular formula is C8H13F2N. The summed E-state index contributed by atoms with van der Waals surface area (Å²) in [6.45, 7) is -0.104. The molecule has 2 fully saturated rings. The highest BCUT2D eigenvalue weighted by molar-refractivity contribution is 5.02. The molecular weight excluding hydrogens is 148 g/mol. The van der Waals surface area contributed by atoms with Crippen molar-refractivity contribution in [2.24, 2.45) is 0 Å². The van der Waals surface area contributed by atoms with Gasteiger partial charge in [0, 0.05) is 12.0 Å². The van der Waals surface area contributed by atoms with E-state index < -0.39 is 5.92 Å². The summed E-state index contributed by atoms with van der Waals surface area (Å²) in [5.74, 6) is -2.44. The fourth-order valence-corrected chi connectivity index (χ4v) is 2.34. The van der Waals surface area contributed by atoms with E-state index in [1.165, 1.54) is 0 Å². The Balaban J connectivity index is 2.07. The van der Waals surface area contributed by atoms with Crippen LogP contribution in [0, 0.1) is 0 Å². The average Bonchev–Trinajstić information content (AvgIpc) is 2.43. The van der Waals surface area contributed by atoms with Gasteiger partial charge in [-0.3, -0.25) is 0 Å². The Morgan fingerprint density at radius 3 is 2.18 bits per heavy atom. The van der Waals surface area contributed by atoms with Crippen molar-refractivity contribution in [3.05, 3.63) is 0 Å². The minimum Gasteiger partial charge on any atom is -0.305 e. The van der Waals surface area contributed by atoms with Crippen LogP contribution in [0.5, 0.6) is 0 Å². The summed E-state index contributed by atoms with van der Waals surface area (Å²) in [4.78, 5) is 0. The molecule has 0 aromatic heterocycles. The van der Waals surface area contributed by atoms with Gasteiger partial charge in [-0.05, 0) is 12.8 Å². The Labute approximate surface area is 65.2 Å². The predicted molar refractivity (Wildman–Crippen MR) is 38.8 cm³/mol. The van der Waals surface area contributed by atoms with Crippen molar-refractivity contribution in [1.29, 1.82) is 0 Å². The zero-order valence-electron chi connectivity index (χ0n) is 6.50. The van der Waals surface area contributed by atoms with E-state index in [0.29, 0.717) is 0 Å². The standard InChI is InChI=1S/C8H13F2N/c9-8(10)5-7(11-6-8)3-1-2-4-7/h11H,1-6H2. The SMILES string of the molecule is FC1(F)CNC2(CCCC2)C1. The van der Waals surface area contributed by atoms with Crippen LogP contribution in [0.1, 0.15) is 32.1 Å². The number of rotatable bonds is 0. The summed E-state index contributed by atoms with van der Waals surface area (Å²) in [7, 11) is 0. The molecule has 0 amide bonds. The average molecular weight is 161 g/mol. The minimum atomic E-state index is -2.44. The van der Waals surface area contributed by atoms with Crippen molar-refractivity contribution in [2.75, 3.05) is 6.54 Å². The monoisotopic (exact) mass is 161 g/mol. The normalized spacial score (nSPS) is 33.3. The molecule has 0 aromatic rings. The maximum absolute atomic E-state index is 12.8. The van der Waals surface area contributed by atoms with Crippen LogP contribution >= 0.6 is 0 Å². The Morgan fingerprint density at radius 1 is 1.09 bits per heavy atom. The number of hydrogen-bond acceptors (Lipinski definition) is 1. The molecule has 3 heteroatoms. The lowest BCUT2D eigenvalue weighted by molar-refractivity contribution is 0.0161. The Hall–Kier alpha value is -0.180. The number of nitrogens with one attached hydrogen (secondary N) is 1. The first kappa shape index (κ1) is 7.47. The molecule has 2 rings (SSSR count). The van der Waals surface area contributed by atoms with Crippen molar-refractivity contribution in [2.45, 2.75) is 43.6 Å². The summed E-state index contributed by atoms with van der Waals surface area (Å²) in [6.07, 6.45) is 4.19.